The monoisotopic (exact) mass is 350 g/mol. The number of hydrogen-bond acceptors (Lipinski definition) is 4. The van der Waals surface area contributed by atoms with Crippen LogP contribution in [0.3, 0.4) is 0 Å². The van der Waals surface area contributed by atoms with Crippen molar-refractivity contribution < 1.29 is 14.4 Å². The molecule has 6 heteroatoms. The minimum absolute atomic E-state index is 0.0729. The number of hydrogen-bond donors (Lipinski definition) is 2. The first-order valence-electron chi connectivity index (χ1n) is 6.57. The Bertz CT molecular complexity index is 581. The molecule has 1 unspecified atom stereocenters. The van der Waals surface area contributed by atoms with Gasteiger partial charge in [0, 0.05) is 28.4 Å². The van der Waals surface area contributed by atoms with Crippen molar-refractivity contribution in [2.24, 2.45) is 5.92 Å². The van der Waals surface area contributed by atoms with Crippen LogP contribution in [-0.4, -0.2) is 31.1 Å². The molecule has 1 amide bonds. The summed E-state index contributed by atoms with van der Waals surface area (Å²) in [7, 11) is 0. The highest BCUT2D eigenvalue weighted by Gasteiger charge is 2.25. The summed E-state index contributed by atoms with van der Waals surface area (Å²) in [5.41, 5.74) is 0.949. The highest BCUT2D eigenvalue weighted by Crippen LogP contribution is 2.16. The SMILES string of the molecule is O=CC1=CNCCC1C(=O)NCC(=O)c1ccc(Br)cc1. The largest absolute Gasteiger partial charge is 0.391 e. The molecule has 0 aliphatic carbocycles. The van der Waals surface area contributed by atoms with E-state index in [0.29, 0.717) is 30.4 Å². The average Bonchev–Trinajstić information content (AvgIpc) is 2.52. The second-order valence-electron chi connectivity index (χ2n) is 4.71. The van der Waals surface area contributed by atoms with Crippen molar-refractivity contribution >= 4 is 33.9 Å². The fourth-order valence-electron chi connectivity index (χ4n) is 2.11. The van der Waals surface area contributed by atoms with Crippen LogP contribution in [-0.2, 0) is 9.59 Å². The molecule has 0 radical (unpaired) electrons. The van der Waals surface area contributed by atoms with Gasteiger partial charge >= 0.3 is 0 Å². The maximum atomic E-state index is 12.1. The topological polar surface area (TPSA) is 75.3 Å². The van der Waals surface area contributed by atoms with Crippen LogP contribution < -0.4 is 10.6 Å². The van der Waals surface area contributed by atoms with E-state index in [1.54, 1.807) is 30.5 Å². The summed E-state index contributed by atoms with van der Waals surface area (Å²) >= 11 is 3.30. The van der Waals surface area contributed by atoms with Gasteiger partial charge in [-0.1, -0.05) is 28.1 Å². The Balaban J connectivity index is 1.93. The molecule has 21 heavy (non-hydrogen) atoms. The molecule has 0 spiro atoms. The summed E-state index contributed by atoms with van der Waals surface area (Å²) in [5, 5.41) is 5.52. The Morgan fingerprint density at radius 1 is 1.33 bits per heavy atom. The normalized spacial score (nSPS) is 17.4. The molecule has 1 aromatic carbocycles. The molecule has 1 aliphatic heterocycles. The Labute approximate surface area is 130 Å². The third-order valence-electron chi connectivity index (χ3n) is 3.29. The number of halogens is 1. The van der Waals surface area contributed by atoms with Gasteiger partial charge in [0.15, 0.2) is 5.78 Å². The Morgan fingerprint density at radius 3 is 2.71 bits per heavy atom. The van der Waals surface area contributed by atoms with Crippen molar-refractivity contribution in [1.82, 2.24) is 10.6 Å². The van der Waals surface area contributed by atoms with Crippen LogP contribution in [0.2, 0.25) is 0 Å². The second kappa shape index (κ2) is 7.17. The molecule has 1 atom stereocenters. The van der Waals surface area contributed by atoms with Crippen molar-refractivity contribution in [2.75, 3.05) is 13.1 Å². The third-order valence-corrected chi connectivity index (χ3v) is 3.82. The minimum atomic E-state index is -0.485. The van der Waals surface area contributed by atoms with Gasteiger partial charge in [-0.3, -0.25) is 14.4 Å². The van der Waals surface area contributed by atoms with E-state index in [4.69, 9.17) is 0 Å². The van der Waals surface area contributed by atoms with Crippen molar-refractivity contribution in [3.05, 3.63) is 46.1 Å². The number of nitrogens with one attached hydrogen (secondary N) is 2. The Morgan fingerprint density at radius 2 is 2.05 bits per heavy atom. The van der Waals surface area contributed by atoms with E-state index in [9.17, 15) is 14.4 Å². The lowest BCUT2D eigenvalue weighted by atomic mass is 9.94. The molecule has 0 bridgehead atoms. The molecule has 1 aliphatic rings. The predicted octanol–water partition coefficient (Wildman–Crippen LogP) is 1.44. The van der Waals surface area contributed by atoms with Gasteiger partial charge in [0.1, 0.15) is 6.29 Å². The molecule has 1 heterocycles. The lowest BCUT2D eigenvalue weighted by Gasteiger charge is -2.20. The van der Waals surface area contributed by atoms with Gasteiger partial charge in [0.2, 0.25) is 5.91 Å². The van der Waals surface area contributed by atoms with Gasteiger partial charge in [-0.05, 0) is 18.6 Å². The van der Waals surface area contributed by atoms with Crippen molar-refractivity contribution in [2.45, 2.75) is 6.42 Å². The molecule has 0 saturated carbocycles. The van der Waals surface area contributed by atoms with Gasteiger partial charge < -0.3 is 10.6 Å². The molecule has 5 nitrogen and oxygen atoms in total. The molecule has 2 N–H and O–H groups in total. The molecular weight excluding hydrogens is 336 g/mol. The van der Waals surface area contributed by atoms with Crippen LogP contribution >= 0.6 is 15.9 Å². The average molecular weight is 351 g/mol. The zero-order valence-corrected chi connectivity index (χ0v) is 12.9. The van der Waals surface area contributed by atoms with Crippen LogP contribution in [0.4, 0.5) is 0 Å². The van der Waals surface area contributed by atoms with E-state index in [1.165, 1.54) is 0 Å². The second-order valence-corrected chi connectivity index (χ2v) is 5.62. The lowest BCUT2D eigenvalue weighted by Crippen LogP contribution is -2.38. The van der Waals surface area contributed by atoms with Crippen molar-refractivity contribution in [3.63, 3.8) is 0 Å². The van der Waals surface area contributed by atoms with E-state index >= 15 is 0 Å². The van der Waals surface area contributed by atoms with Gasteiger partial charge in [0.05, 0.1) is 12.5 Å². The zero-order chi connectivity index (χ0) is 15.2. The molecular formula is C15H15BrN2O3. The summed E-state index contributed by atoms with van der Waals surface area (Å²) in [6.07, 6.45) is 2.77. The number of rotatable bonds is 5. The molecule has 110 valence electrons. The maximum Gasteiger partial charge on any atom is 0.228 e. The fraction of sp³-hybridized carbons (Fsp3) is 0.267. The summed E-state index contributed by atoms with van der Waals surface area (Å²) in [6, 6.07) is 6.93. The number of benzene rings is 1. The molecule has 0 aromatic heterocycles. The van der Waals surface area contributed by atoms with Crippen molar-refractivity contribution in [3.8, 4) is 0 Å². The van der Waals surface area contributed by atoms with Crippen LogP contribution in [0, 0.1) is 5.92 Å². The van der Waals surface area contributed by atoms with Crippen LogP contribution in [0.1, 0.15) is 16.8 Å². The lowest BCUT2D eigenvalue weighted by molar-refractivity contribution is -0.124. The highest BCUT2D eigenvalue weighted by molar-refractivity contribution is 9.10. The number of amides is 1. The van der Waals surface area contributed by atoms with Crippen LogP contribution in [0.15, 0.2) is 40.5 Å². The zero-order valence-electron chi connectivity index (χ0n) is 11.3. The number of carbonyl (C=O) groups is 3. The van der Waals surface area contributed by atoms with Crippen LogP contribution in [0.25, 0.3) is 0 Å². The number of carbonyl (C=O) groups excluding carboxylic acids is 3. The Hall–Kier alpha value is -1.95. The molecule has 1 aromatic rings. The number of ketones is 1. The number of aldehydes is 1. The highest BCUT2D eigenvalue weighted by atomic mass is 79.9. The molecule has 0 saturated heterocycles. The van der Waals surface area contributed by atoms with E-state index in [0.717, 1.165) is 4.47 Å². The minimum Gasteiger partial charge on any atom is -0.391 e. The van der Waals surface area contributed by atoms with E-state index in [-0.39, 0.29) is 18.2 Å². The van der Waals surface area contributed by atoms with Crippen LogP contribution in [0.5, 0.6) is 0 Å². The van der Waals surface area contributed by atoms with E-state index in [1.807, 2.05) is 0 Å². The predicted molar refractivity (Wildman–Crippen MR) is 81.7 cm³/mol. The quantitative estimate of drug-likeness (QED) is 0.622. The standard InChI is InChI=1S/C15H15BrN2O3/c16-12-3-1-10(2-4-12)14(20)8-18-15(21)13-5-6-17-7-11(13)9-19/h1-4,7,9,13,17H,5-6,8H2,(H,18,21). The first-order valence-corrected chi connectivity index (χ1v) is 7.36. The van der Waals surface area contributed by atoms with E-state index < -0.39 is 5.92 Å². The molecule has 2 rings (SSSR count). The summed E-state index contributed by atoms with van der Waals surface area (Å²) in [5.74, 6) is -0.941. The third kappa shape index (κ3) is 4.01. The summed E-state index contributed by atoms with van der Waals surface area (Å²) in [6.45, 7) is 0.562. The van der Waals surface area contributed by atoms with Gasteiger partial charge in [-0.25, -0.2) is 0 Å². The fourth-order valence-corrected chi connectivity index (χ4v) is 2.38. The number of Topliss-reactive ketones (excluding diaryl/α,β-unsaturated/α-hetero) is 1. The molecule has 0 fully saturated rings. The maximum absolute atomic E-state index is 12.1. The van der Waals surface area contributed by atoms with Crippen molar-refractivity contribution in [1.29, 1.82) is 0 Å². The first kappa shape index (κ1) is 15.4. The van der Waals surface area contributed by atoms with Gasteiger partial charge in [0.25, 0.3) is 0 Å². The first-order chi connectivity index (χ1) is 10.1. The summed E-state index contributed by atoms with van der Waals surface area (Å²) in [4.78, 5) is 34.9. The van der Waals surface area contributed by atoms with Gasteiger partial charge in [-0.15, -0.1) is 0 Å². The smallest absolute Gasteiger partial charge is 0.228 e. The Kier molecular flexibility index (Phi) is 5.27. The van der Waals surface area contributed by atoms with Gasteiger partial charge in [-0.2, -0.15) is 0 Å². The summed E-state index contributed by atoms with van der Waals surface area (Å²) < 4.78 is 0.888. The van der Waals surface area contributed by atoms with E-state index in [2.05, 4.69) is 26.6 Å².